The van der Waals surface area contributed by atoms with Gasteiger partial charge in [0.25, 0.3) is 5.91 Å². The Bertz CT molecular complexity index is 646. The lowest BCUT2D eigenvalue weighted by Crippen LogP contribution is -2.17. The van der Waals surface area contributed by atoms with E-state index >= 15 is 0 Å². The van der Waals surface area contributed by atoms with Crippen LogP contribution in [-0.4, -0.2) is 16.7 Å². The van der Waals surface area contributed by atoms with Gasteiger partial charge in [-0.25, -0.2) is 0 Å². The van der Waals surface area contributed by atoms with Gasteiger partial charge in [0, 0.05) is 11.5 Å². The molecule has 1 N–H and O–H groups in total. The summed E-state index contributed by atoms with van der Waals surface area (Å²) < 4.78 is 0. The normalized spacial score (nSPS) is 15.0. The van der Waals surface area contributed by atoms with Crippen molar-refractivity contribution in [3.05, 3.63) is 46.4 Å². The lowest BCUT2D eigenvalue weighted by atomic mass is 9.95. The molecule has 1 aliphatic rings. The third-order valence-electron chi connectivity index (χ3n) is 3.82. The molecule has 2 aromatic rings. The number of hydrogen-bond donors (Lipinski definition) is 1. The van der Waals surface area contributed by atoms with Crippen molar-refractivity contribution in [1.82, 2.24) is 4.98 Å². The number of amides is 1. The van der Waals surface area contributed by atoms with Gasteiger partial charge in [-0.05, 0) is 25.0 Å². The van der Waals surface area contributed by atoms with Crippen LogP contribution in [0.1, 0.15) is 45.7 Å². The highest BCUT2D eigenvalue weighted by Gasteiger charge is 2.25. The van der Waals surface area contributed by atoms with Gasteiger partial charge in [0.15, 0.2) is 5.78 Å². The Labute approximate surface area is 127 Å². The maximum Gasteiger partial charge on any atom is 0.267 e. The van der Waals surface area contributed by atoms with E-state index in [0.717, 1.165) is 25.7 Å². The van der Waals surface area contributed by atoms with Gasteiger partial charge in [0.2, 0.25) is 0 Å². The van der Waals surface area contributed by atoms with Gasteiger partial charge in [-0.1, -0.05) is 25.0 Å². The zero-order valence-corrected chi connectivity index (χ0v) is 12.4. The average molecular weight is 300 g/mol. The molecule has 1 aromatic heterocycles. The predicted octanol–water partition coefficient (Wildman–Crippen LogP) is 3.77. The number of nitrogens with one attached hydrogen (secondary N) is 1. The van der Waals surface area contributed by atoms with Gasteiger partial charge in [0.1, 0.15) is 4.88 Å². The van der Waals surface area contributed by atoms with Gasteiger partial charge in [-0.2, -0.15) is 0 Å². The second kappa shape index (κ2) is 6.18. The number of carbonyl (C=O) groups excluding carboxylic acids is 2. The fraction of sp³-hybridized carbons (Fsp3) is 0.312. The van der Waals surface area contributed by atoms with Crippen LogP contribution in [0.25, 0.3) is 0 Å². The van der Waals surface area contributed by atoms with E-state index in [1.807, 2.05) is 12.1 Å². The minimum Gasteiger partial charge on any atom is -0.321 e. The summed E-state index contributed by atoms with van der Waals surface area (Å²) in [6, 6.07) is 7.24. The van der Waals surface area contributed by atoms with Crippen molar-refractivity contribution in [3.8, 4) is 0 Å². The van der Waals surface area contributed by atoms with E-state index in [4.69, 9.17) is 0 Å². The lowest BCUT2D eigenvalue weighted by molar-refractivity contribution is 0.0924. The third kappa shape index (κ3) is 3.03. The second-order valence-corrected chi connectivity index (χ2v) is 6.10. The zero-order chi connectivity index (χ0) is 14.7. The molecule has 1 aliphatic carbocycles. The quantitative estimate of drug-likeness (QED) is 0.874. The van der Waals surface area contributed by atoms with Crippen LogP contribution in [0.5, 0.6) is 0 Å². The highest BCUT2D eigenvalue weighted by Crippen LogP contribution is 2.30. The monoisotopic (exact) mass is 300 g/mol. The Morgan fingerprint density at radius 1 is 1.19 bits per heavy atom. The summed E-state index contributed by atoms with van der Waals surface area (Å²) in [5, 5.41) is 2.83. The maximum atomic E-state index is 12.6. The maximum absolute atomic E-state index is 12.6. The van der Waals surface area contributed by atoms with Crippen LogP contribution in [0.4, 0.5) is 5.69 Å². The first-order valence-electron chi connectivity index (χ1n) is 7.09. The molecular formula is C16H16N2O2S. The van der Waals surface area contributed by atoms with Crippen molar-refractivity contribution < 1.29 is 9.59 Å². The van der Waals surface area contributed by atoms with Crippen LogP contribution in [0.3, 0.4) is 0 Å². The Hall–Kier alpha value is -2.01. The minimum atomic E-state index is -0.218. The summed E-state index contributed by atoms with van der Waals surface area (Å²) in [4.78, 5) is 29.1. The van der Waals surface area contributed by atoms with E-state index in [9.17, 15) is 9.59 Å². The molecule has 1 saturated carbocycles. The number of Topliss-reactive ketones (excluding diaryl/α,β-unsaturated/α-hetero) is 1. The molecular weight excluding hydrogens is 284 g/mol. The molecule has 108 valence electrons. The molecule has 1 aromatic carbocycles. The first kappa shape index (κ1) is 13.9. The summed E-state index contributed by atoms with van der Waals surface area (Å²) in [6.45, 7) is 0. The van der Waals surface area contributed by atoms with Crippen LogP contribution in [0.15, 0.2) is 36.0 Å². The van der Waals surface area contributed by atoms with Crippen LogP contribution in [0.2, 0.25) is 0 Å². The molecule has 1 heterocycles. The molecule has 1 fully saturated rings. The Kier molecular flexibility index (Phi) is 4.10. The van der Waals surface area contributed by atoms with Crippen molar-refractivity contribution in [2.75, 3.05) is 5.32 Å². The van der Waals surface area contributed by atoms with Crippen molar-refractivity contribution in [1.29, 1.82) is 0 Å². The molecule has 0 spiro atoms. The number of para-hydroxylation sites is 1. The van der Waals surface area contributed by atoms with Gasteiger partial charge >= 0.3 is 0 Å². The van der Waals surface area contributed by atoms with Crippen LogP contribution in [0, 0.1) is 5.92 Å². The second-order valence-electron chi connectivity index (χ2n) is 5.21. The van der Waals surface area contributed by atoms with Crippen LogP contribution in [-0.2, 0) is 0 Å². The third-order valence-corrected chi connectivity index (χ3v) is 4.59. The first-order valence-corrected chi connectivity index (χ1v) is 7.97. The van der Waals surface area contributed by atoms with Gasteiger partial charge in [-0.15, -0.1) is 11.3 Å². The van der Waals surface area contributed by atoms with Gasteiger partial charge in [-0.3, -0.25) is 14.6 Å². The topological polar surface area (TPSA) is 59.1 Å². The van der Waals surface area contributed by atoms with E-state index in [-0.39, 0.29) is 17.6 Å². The highest BCUT2D eigenvalue weighted by molar-refractivity contribution is 7.11. The van der Waals surface area contributed by atoms with Crippen molar-refractivity contribution in [2.45, 2.75) is 25.7 Å². The van der Waals surface area contributed by atoms with Crippen molar-refractivity contribution in [2.24, 2.45) is 5.92 Å². The summed E-state index contributed by atoms with van der Waals surface area (Å²) >= 11 is 1.28. The molecule has 0 bridgehead atoms. The van der Waals surface area contributed by atoms with E-state index in [0.29, 0.717) is 16.1 Å². The molecule has 0 aliphatic heterocycles. The predicted molar refractivity (Wildman–Crippen MR) is 82.8 cm³/mol. The number of aromatic nitrogens is 1. The molecule has 0 atom stereocenters. The zero-order valence-electron chi connectivity index (χ0n) is 11.5. The fourth-order valence-electron chi connectivity index (χ4n) is 2.73. The molecule has 5 heteroatoms. The van der Waals surface area contributed by atoms with Gasteiger partial charge < -0.3 is 5.32 Å². The fourth-order valence-corrected chi connectivity index (χ4v) is 3.24. The summed E-state index contributed by atoms with van der Waals surface area (Å²) in [6.07, 6.45) is 5.67. The minimum absolute atomic E-state index is 0.103. The molecule has 4 nitrogen and oxygen atoms in total. The summed E-state index contributed by atoms with van der Waals surface area (Å²) in [7, 11) is 0. The molecule has 1 amide bonds. The number of thiazole rings is 1. The van der Waals surface area contributed by atoms with E-state index in [2.05, 4.69) is 10.3 Å². The summed E-state index contributed by atoms with van der Waals surface area (Å²) in [5.74, 6) is 0.0309. The smallest absolute Gasteiger partial charge is 0.267 e. The van der Waals surface area contributed by atoms with Crippen molar-refractivity contribution >= 4 is 28.7 Å². The van der Waals surface area contributed by atoms with E-state index < -0.39 is 0 Å². The molecule has 0 saturated heterocycles. The van der Waals surface area contributed by atoms with Crippen LogP contribution < -0.4 is 5.32 Å². The molecule has 21 heavy (non-hydrogen) atoms. The number of hydrogen-bond acceptors (Lipinski definition) is 4. The SMILES string of the molecule is O=C(Nc1ccccc1C(=O)C1CCCC1)c1cncs1. The molecule has 0 unspecified atom stereocenters. The number of ketones is 1. The Morgan fingerprint density at radius 3 is 2.67 bits per heavy atom. The summed E-state index contributed by atoms with van der Waals surface area (Å²) in [5.41, 5.74) is 2.82. The van der Waals surface area contributed by atoms with Crippen molar-refractivity contribution in [3.63, 3.8) is 0 Å². The van der Waals surface area contributed by atoms with E-state index in [1.165, 1.54) is 17.5 Å². The number of carbonyl (C=O) groups is 2. The number of benzene rings is 1. The lowest BCUT2D eigenvalue weighted by Gasteiger charge is -2.13. The largest absolute Gasteiger partial charge is 0.321 e. The number of rotatable bonds is 4. The average Bonchev–Trinajstić information content (AvgIpc) is 3.20. The number of anilines is 1. The molecule has 3 rings (SSSR count). The standard InChI is InChI=1S/C16H16N2O2S/c19-15(11-5-1-2-6-11)12-7-3-4-8-13(12)18-16(20)14-9-17-10-21-14/h3-4,7-11H,1-2,5-6H2,(H,18,20). The highest BCUT2D eigenvalue weighted by atomic mass is 32.1. The van der Waals surface area contributed by atoms with Gasteiger partial charge in [0.05, 0.1) is 17.4 Å². The Balaban J connectivity index is 1.82. The van der Waals surface area contributed by atoms with E-state index in [1.54, 1.807) is 17.6 Å². The molecule has 0 radical (unpaired) electrons. The Morgan fingerprint density at radius 2 is 1.95 bits per heavy atom. The van der Waals surface area contributed by atoms with Crippen LogP contribution >= 0.6 is 11.3 Å². The number of nitrogens with zero attached hydrogens (tertiary/aromatic N) is 1. The first-order chi connectivity index (χ1) is 10.3.